The van der Waals surface area contributed by atoms with Gasteiger partial charge in [0.25, 0.3) is 11.8 Å². The first-order valence-corrected chi connectivity index (χ1v) is 10.8. The van der Waals surface area contributed by atoms with Crippen molar-refractivity contribution in [2.45, 2.75) is 63.0 Å². The van der Waals surface area contributed by atoms with Gasteiger partial charge in [0.05, 0.1) is 12.8 Å². The van der Waals surface area contributed by atoms with Gasteiger partial charge < -0.3 is 0 Å². The van der Waals surface area contributed by atoms with E-state index in [9.17, 15) is 44.3 Å². The van der Waals surface area contributed by atoms with E-state index < -0.39 is 43.2 Å². The molecule has 0 amide bonds. The average Bonchev–Trinajstić information content (AvgIpc) is 2.49. The summed E-state index contributed by atoms with van der Waals surface area (Å²) in [6.07, 6.45) is -11.6. The lowest BCUT2D eigenvalue weighted by Gasteiger charge is -2.27. The number of carbonyl (C=O) groups is 1. The van der Waals surface area contributed by atoms with Crippen molar-refractivity contribution >= 4 is 29.3 Å². The third kappa shape index (κ3) is 12.7. The van der Waals surface area contributed by atoms with E-state index in [1.807, 2.05) is 0 Å². The van der Waals surface area contributed by atoms with Crippen LogP contribution in [0.5, 0.6) is 0 Å². The van der Waals surface area contributed by atoms with Crippen molar-refractivity contribution in [2.24, 2.45) is 0 Å². The third-order valence-electron chi connectivity index (χ3n) is 3.57. The maximum atomic E-state index is 13.5. The average molecular weight is 478 g/mol. The van der Waals surface area contributed by atoms with Crippen LogP contribution in [0.1, 0.15) is 39.0 Å². The zero-order chi connectivity index (χ0) is 22.9. The van der Waals surface area contributed by atoms with Crippen LogP contribution in [0.25, 0.3) is 0 Å². The molecule has 0 heterocycles. The van der Waals surface area contributed by atoms with Crippen LogP contribution in [-0.4, -0.2) is 52.7 Å². The molecule has 0 spiro atoms. The maximum Gasteiger partial charge on any atom is 0.453 e. The number of hydrogen-bond acceptors (Lipinski definition) is 3. The number of allylic oxidation sites excluding steroid dienone is 1. The van der Waals surface area contributed by atoms with Gasteiger partial charge in [0.2, 0.25) is 0 Å². The molecular weight excluding hydrogens is 455 g/mol. The van der Waals surface area contributed by atoms with Gasteiger partial charge in [-0.15, -0.1) is 0 Å². The molecule has 0 atom stereocenters. The SMILES string of the molecule is C=C(C)C(=O)CCCSCCSCCC(F)(F)CC(F)(F)CC(F)(F)C(F)(F)F. The normalized spacial score (nSPS) is 13.6. The van der Waals surface area contributed by atoms with Crippen LogP contribution in [0.15, 0.2) is 12.2 Å². The maximum absolute atomic E-state index is 13.5. The van der Waals surface area contributed by atoms with Crippen LogP contribution >= 0.6 is 23.5 Å². The van der Waals surface area contributed by atoms with Gasteiger partial charge in [0.1, 0.15) is 0 Å². The highest BCUT2D eigenvalue weighted by Crippen LogP contribution is 2.46. The minimum absolute atomic E-state index is 0.0352. The molecule has 0 N–H and O–H groups in total. The fourth-order valence-electron chi connectivity index (χ4n) is 2.05. The summed E-state index contributed by atoms with van der Waals surface area (Å²) in [6, 6.07) is 0. The fourth-order valence-corrected chi connectivity index (χ4v) is 4.19. The first kappa shape index (κ1) is 28.5. The molecule has 0 saturated heterocycles. The summed E-state index contributed by atoms with van der Waals surface area (Å²) in [4.78, 5) is 11.3. The van der Waals surface area contributed by atoms with Crippen molar-refractivity contribution in [1.82, 2.24) is 0 Å². The van der Waals surface area contributed by atoms with Gasteiger partial charge in [0, 0.05) is 24.3 Å². The van der Waals surface area contributed by atoms with Gasteiger partial charge in [-0.3, -0.25) is 4.79 Å². The summed E-state index contributed by atoms with van der Waals surface area (Å²) in [7, 11) is 0. The Morgan fingerprint density at radius 1 is 0.793 bits per heavy atom. The fraction of sp³-hybridized carbons (Fsp3) is 0.824. The summed E-state index contributed by atoms with van der Waals surface area (Å²) >= 11 is 2.52. The molecule has 172 valence electrons. The summed E-state index contributed by atoms with van der Waals surface area (Å²) in [5.74, 6) is -13.3. The van der Waals surface area contributed by atoms with Crippen molar-refractivity contribution in [2.75, 3.05) is 23.0 Å². The first-order chi connectivity index (χ1) is 13.0. The van der Waals surface area contributed by atoms with Gasteiger partial charge in [0.15, 0.2) is 5.78 Å². The van der Waals surface area contributed by atoms with Crippen LogP contribution in [0.4, 0.5) is 39.5 Å². The predicted molar refractivity (Wildman–Crippen MR) is 98.5 cm³/mol. The number of ketones is 1. The lowest BCUT2D eigenvalue weighted by molar-refractivity contribution is -0.303. The zero-order valence-electron chi connectivity index (χ0n) is 15.7. The van der Waals surface area contributed by atoms with E-state index in [1.165, 1.54) is 11.8 Å². The number of rotatable bonds is 15. The highest BCUT2D eigenvalue weighted by Gasteiger charge is 2.62. The zero-order valence-corrected chi connectivity index (χ0v) is 17.3. The molecule has 29 heavy (non-hydrogen) atoms. The lowest BCUT2D eigenvalue weighted by Crippen LogP contribution is -2.43. The Hall–Kier alpha value is -0.520. The Morgan fingerprint density at radius 3 is 1.79 bits per heavy atom. The van der Waals surface area contributed by atoms with Gasteiger partial charge in [-0.25, -0.2) is 17.6 Å². The van der Waals surface area contributed by atoms with Crippen LogP contribution in [0.3, 0.4) is 0 Å². The molecule has 0 aliphatic carbocycles. The number of alkyl halides is 9. The molecule has 0 rings (SSSR count). The van der Waals surface area contributed by atoms with E-state index in [-0.39, 0.29) is 11.5 Å². The second-order valence-corrected chi connectivity index (χ2v) is 9.00. The predicted octanol–water partition coefficient (Wildman–Crippen LogP) is 7.02. The smallest absolute Gasteiger partial charge is 0.295 e. The Kier molecular flexibility index (Phi) is 11.5. The molecule has 0 bridgehead atoms. The molecule has 0 aliphatic rings. The first-order valence-electron chi connectivity index (χ1n) is 8.53. The number of thioether (sulfide) groups is 2. The molecule has 0 aromatic rings. The van der Waals surface area contributed by atoms with Crippen LogP contribution in [0, 0.1) is 0 Å². The van der Waals surface area contributed by atoms with Gasteiger partial charge in [-0.1, -0.05) is 6.58 Å². The summed E-state index contributed by atoms with van der Waals surface area (Å²) in [6.45, 7) is 5.13. The van der Waals surface area contributed by atoms with Crippen molar-refractivity contribution in [3.8, 4) is 0 Å². The molecule has 0 fully saturated rings. The molecule has 1 nitrogen and oxygen atoms in total. The van der Waals surface area contributed by atoms with E-state index in [1.54, 1.807) is 6.92 Å². The standard InChI is InChI=1S/C17H23F9OS2/c1-12(2)13(27)4-3-6-28-8-9-29-7-5-14(18,19)10-15(20,21)11-16(22,23)17(24,25)26/h1,3-11H2,2H3. The largest absolute Gasteiger partial charge is 0.453 e. The van der Waals surface area contributed by atoms with Gasteiger partial charge in [-0.2, -0.15) is 45.5 Å². The van der Waals surface area contributed by atoms with E-state index in [4.69, 9.17) is 0 Å². The van der Waals surface area contributed by atoms with Crippen molar-refractivity contribution in [1.29, 1.82) is 0 Å². The van der Waals surface area contributed by atoms with Gasteiger partial charge in [-0.05, 0) is 30.4 Å². The Bertz CT molecular complexity index is 533. The van der Waals surface area contributed by atoms with Crippen LogP contribution in [0.2, 0.25) is 0 Å². The second kappa shape index (κ2) is 11.8. The molecule has 12 heteroatoms. The number of halogens is 9. The summed E-state index contributed by atoms with van der Waals surface area (Å²) < 4.78 is 115. The van der Waals surface area contributed by atoms with Crippen molar-refractivity contribution < 1.29 is 44.3 Å². The topological polar surface area (TPSA) is 17.1 Å². The highest BCUT2D eigenvalue weighted by atomic mass is 32.2. The number of carbonyl (C=O) groups excluding carboxylic acids is 1. The lowest BCUT2D eigenvalue weighted by atomic mass is 10.0. The van der Waals surface area contributed by atoms with E-state index in [0.717, 1.165) is 11.8 Å². The molecular formula is C17H23F9OS2. The summed E-state index contributed by atoms with van der Waals surface area (Å²) in [5.41, 5.74) is 0.471. The minimum atomic E-state index is -6.23. The molecule has 0 aromatic carbocycles. The van der Waals surface area contributed by atoms with E-state index in [0.29, 0.717) is 35.7 Å². The molecule has 0 aliphatic heterocycles. The molecule has 0 aromatic heterocycles. The second-order valence-electron chi connectivity index (χ2n) is 6.55. The van der Waals surface area contributed by atoms with Crippen molar-refractivity contribution in [3.05, 3.63) is 12.2 Å². The minimum Gasteiger partial charge on any atom is -0.295 e. The summed E-state index contributed by atoms with van der Waals surface area (Å²) in [5, 5.41) is 0. The van der Waals surface area contributed by atoms with E-state index >= 15 is 0 Å². The Morgan fingerprint density at radius 2 is 1.31 bits per heavy atom. The van der Waals surface area contributed by atoms with Crippen LogP contribution in [-0.2, 0) is 4.79 Å². The third-order valence-corrected chi connectivity index (χ3v) is 5.88. The molecule has 0 unspecified atom stereocenters. The monoisotopic (exact) mass is 478 g/mol. The molecule has 0 saturated carbocycles. The Balaban J connectivity index is 4.09. The number of Topliss-reactive ketones (excluding diaryl/α,β-unsaturated/α-hetero) is 1. The van der Waals surface area contributed by atoms with Gasteiger partial charge >= 0.3 is 12.1 Å². The number of hydrogen-bond donors (Lipinski definition) is 0. The highest BCUT2D eigenvalue weighted by molar-refractivity contribution is 8.02. The van der Waals surface area contributed by atoms with Crippen molar-refractivity contribution in [3.63, 3.8) is 0 Å². The Labute approximate surface area is 172 Å². The van der Waals surface area contributed by atoms with Crippen LogP contribution < -0.4 is 0 Å². The quantitative estimate of drug-likeness (QED) is 0.143. The molecule has 0 radical (unpaired) electrons. The van der Waals surface area contributed by atoms with E-state index in [2.05, 4.69) is 6.58 Å².